The first-order valence-electron chi connectivity index (χ1n) is 7.39. The minimum atomic E-state index is -2.05. The second-order valence-corrected chi connectivity index (χ2v) is 6.23. The van der Waals surface area contributed by atoms with Crippen LogP contribution in [0.2, 0.25) is 0 Å². The molecule has 11 nitrogen and oxygen atoms in total. The van der Waals surface area contributed by atoms with Gasteiger partial charge in [0.25, 0.3) is 5.91 Å². The number of hydrogen-bond donors (Lipinski definition) is 7. The molecule has 0 aliphatic heterocycles. The van der Waals surface area contributed by atoms with Gasteiger partial charge in [-0.3, -0.25) is 4.79 Å². The molecule has 0 saturated carbocycles. The maximum absolute atomic E-state index is 12.3. The van der Waals surface area contributed by atoms with Crippen LogP contribution in [-0.2, 0) is 11.2 Å². The van der Waals surface area contributed by atoms with Gasteiger partial charge < -0.3 is 36.5 Å². The van der Waals surface area contributed by atoms with Gasteiger partial charge >= 0.3 is 13.1 Å². The Morgan fingerprint density at radius 2 is 2.07 bits per heavy atom. The minimum absolute atomic E-state index is 0.0144. The van der Waals surface area contributed by atoms with Crippen molar-refractivity contribution in [2.45, 2.75) is 12.4 Å². The van der Waals surface area contributed by atoms with Gasteiger partial charge in [0.2, 0.25) is 0 Å². The Hall–Kier alpha value is -3.16. The van der Waals surface area contributed by atoms with Gasteiger partial charge in [-0.05, 0) is 18.1 Å². The van der Waals surface area contributed by atoms with Crippen molar-refractivity contribution in [3.05, 3.63) is 40.4 Å². The number of aromatic carboxylic acids is 1. The number of amides is 1. The Morgan fingerprint density at radius 3 is 2.59 bits per heavy atom. The highest BCUT2D eigenvalue weighted by molar-refractivity contribution is 7.13. The highest BCUT2D eigenvalue weighted by Crippen LogP contribution is 2.24. The van der Waals surface area contributed by atoms with Crippen LogP contribution in [0.5, 0.6) is 5.75 Å². The van der Waals surface area contributed by atoms with Crippen molar-refractivity contribution in [1.82, 2.24) is 10.3 Å². The Kier molecular flexibility index (Phi) is 6.34. The summed E-state index contributed by atoms with van der Waals surface area (Å²) in [5.41, 5.74) is 4.63. The van der Waals surface area contributed by atoms with E-state index in [1.807, 2.05) is 0 Å². The molecule has 27 heavy (non-hydrogen) atoms. The lowest BCUT2D eigenvalue weighted by atomic mass is 9.75. The Labute approximate surface area is 156 Å². The van der Waals surface area contributed by atoms with Gasteiger partial charge in [-0.15, -0.1) is 11.3 Å². The largest absolute Gasteiger partial charge is 0.507 e. The number of thiazole rings is 1. The van der Waals surface area contributed by atoms with Crippen molar-refractivity contribution < 1.29 is 35.1 Å². The van der Waals surface area contributed by atoms with Gasteiger partial charge in [0.15, 0.2) is 10.8 Å². The number of nitrogens with zero attached hydrogens (tertiary/aromatic N) is 2. The number of nitrogen functional groups attached to an aromatic ring is 1. The van der Waals surface area contributed by atoms with Crippen molar-refractivity contribution in [3.8, 4) is 5.75 Å². The fourth-order valence-corrected chi connectivity index (χ4v) is 2.79. The third kappa shape index (κ3) is 4.72. The summed E-state index contributed by atoms with van der Waals surface area (Å²) in [6, 6.07) is 3.90. The lowest BCUT2D eigenvalue weighted by Gasteiger charge is -2.18. The summed E-state index contributed by atoms with van der Waals surface area (Å²) < 4.78 is 0. The summed E-state index contributed by atoms with van der Waals surface area (Å²) in [7, 11) is -2.05. The first kappa shape index (κ1) is 20.2. The van der Waals surface area contributed by atoms with Crippen molar-refractivity contribution in [1.29, 1.82) is 0 Å². The molecule has 0 spiro atoms. The predicted octanol–water partition coefficient (Wildman–Crippen LogP) is -0.953. The lowest BCUT2D eigenvalue weighted by molar-refractivity contribution is -0.115. The molecule has 0 bridgehead atoms. The molecule has 13 heteroatoms. The van der Waals surface area contributed by atoms with Crippen LogP contribution in [0.1, 0.15) is 21.6 Å². The maximum Gasteiger partial charge on any atom is 0.475 e. The van der Waals surface area contributed by atoms with Gasteiger partial charge in [-0.1, -0.05) is 17.3 Å². The molecule has 1 unspecified atom stereocenters. The van der Waals surface area contributed by atoms with Crippen molar-refractivity contribution >= 4 is 41.2 Å². The van der Waals surface area contributed by atoms with Crippen molar-refractivity contribution in [2.24, 2.45) is 5.16 Å². The second kappa shape index (κ2) is 8.48. The molecular weight excluding hydrogens is 379 g/mol. The number of nitrogens with two attached hydrogens (primary N) is 1. The van der Waals surface area contributed by atoms with Gasteiger partial charge in [0.05, 0.1) is 5.94 Å². The van der Waals surface area contributed by atoms with Gasteiger partial charge in [-0.25, -0.2) is 9.78 Å². The summed E-state index contributed by atoms with van der Waals surface area (Å²) in [5.74, 6) is -4.25. The van der Waals surface area contributed by atoms with Crippen LogP contribution in [-0.4, -0.2) is 61.1 Å². The molecule has 1 heterocycles. The Balaban J connectivity index is 2.22. The molecule has 1 amide bonds. The third-order valence-corrected chi connectivity index (χ3v) is 4.22. The number of carboxylic acids is 1. The quantitative estimate of drug-likeness (QED) is 0.134. The first-order chi connectivity index (χ1) is 12.7. The zero-order valence-corrected chi connectivity index (χ0v) is 14.4. The summed E-state index contributed by atoms with van der Waals surface area (Å²) >= 11 is 1.01. The summed E-state index contributed by atoms with van der Waals surface area (Å²) in [5, 5.41) is 53.7. The van der Waals surface area contributed by atoms with E-state index in [-0.39, 0.29) is 28.4 Å². The SMILES string of the molecule is Nc1nc(/C(=N/O)C(=O)NC(Cc2cccc(C(=O)O)c2O)B(O)O)cs1. The normalized spacial score (nSPS) is 12.4. The summed E-state index contributed by atoms with van der Waals surface area (Å²) in [6.45, 7) is 0. The summed E-state index contributed by atoms with van der Waals surface area (Å²) in [6.07, 6.45) is -0.311. The predicted molar refractivity (Wildman–Crippen MR) is 95.7 cm³/mol. The van der Waals surface area contributed by atoms with Crippen LogP contribution in [0, 0.1) is 0 Å². The molecule has 1 aromatic carbocycles. The molecule has 2 rings (SSSR count). The number of carboxylic acid groups (broad SMARTS) is 1. The Bertz CT molecular complexity index is 886. The van der Waals surface area contributed by atoms with Gasteiger partial charge in [0.1, 0.15) is 17.0 Å². The molecular formula is C14H15BN4O7S. The molecule has 1 atom stereocenters. The number of anilines is 1. The van der Waals surface area contributed by atoms with E-state index in [2.05, 4.69) is 15.5 Å². The van der Waals surface area contributed by atoms with Crippen LogP contribution < -0.4 is 11.1 Å². The monoisotopic (exact) mass is 394 g/mol. The highest BCUT2D eigenvalue weighted by Gasteiger charge is 2.30. The molecule has 8 N–H and O–H groups in total. The molecule has 2 aromatic rings. The zero-order chi connectivity index (χ0) is 20.1. The number of oxime groups is 1. The Morgan fingerprint density at radius 1 is 1.37 bits per heavy atom. The first-order valence-corrected chi connectivity index (χ1v) is 8.27. The number of nitrogens with one attached hydrogen (secondary N) is 1. The molecule has 0 saturated heterocycles. The van der Waals surface area contributed by atoms with Crippen LogP contribution in [0.25, 0.3) is 0 Å². The van der Waals surface area contributed by atoms with E-state index in [1.165, 1.54) is 23.6 Å². The van der Waals surface area contributed by atoms with E-state index in [4.69, 9.17) is 16.0 Å². The second-order valence-electron chi connectivity index (χ2n) is 5.34. The van der Waals surface area contributed by atoms with Gasteiger partial charge in [-0.2, -0.15) is 0 Å². The number of phenols is 1. The standard InChI is InChI=1S/C14H15BN4O7S/c16-14-17-8(5-27-14)10(19-26)12(21)18-9(15(24)25)4-6-2-1-3-7(11(6)20)13(22)23/h1-3,5,9,20,24-26H,4H2,(H2,16,17)(H,18,21)(H,22,23)/b19-10-. The molecule has 0 aliphatic rings. The van der Waals surface area contributed by atoms with E-state index in [0.29, 0.717) is 0 Å². The molecule has 1 aromatic heterocycles. The van der Waals surface area contributed by atoms with Crippen LogP contribution >= 0.6 is 11.3 Å². The van der Waals surface area contributed by atoms with E-state index >= 15 is 0 Å². The van der Waals surface area contributed by atoms with E-state index in [1.54, 1.807) is 0 Å². The summed E-state index contributed by atoms with van der Waals surface area (Å²) in [4.78, 5) is 27.2. The smallest absolute Gasteiger partial charge is 0.475 e. The fourth-order valence-electron chi connectivity index (χ4n) is 2.24. The third-order valence-electron chi connectivity index (χ3n) is 3.55. The minimum Gasteiger partial charge on any atom is -0.507 e. The van der Waals surface area contributed by atoms with Crippen LogP contribution in [0.3, 0.4) is 0 Å². The molecule has 142 valence electrons. The van der Waals surface area contributed by atoms with Crippen molar-refractivity contribution in [3.63, 3.8) is 0 Å². The van der Waals surface area contributed by atoms with E-state index in [9.17, 15) is 24.7 Å². The molecule has 0 radical (unpaired) electrons. The number of hydrogen-bond acceptors (Lipinski definition) is 10. The van der Waals surface area contributed by atoms with Gasteiger partial charge in [0, 0.05) is 5.38 Å². The lowest BCUT2D eigenvalue weighted by Crippen LogP contribution is -2.50. The van der Waals surface area contributed by atoms with Crippen LogP contribution in [0.15, 0.2) is 28.7 Å². The van der Waals surface area contributed by atoms with E-state index in [0.717, 1.165) is 11.3 Å². The number of carbonyl (C=O) groups excluding carboxylic acids is 1. The fraction of sp³-hybridized carbons (Fsp3) is 0.143. The molecule has 0 aliphatic carbocycles. The number of rotatable bonds is 7. The van der Waals surface area contributed by atoms with Crippen LogP contribution in [0.4, 0.5) is 5.13 Å². The zero-order valence-electron chi connectivity index (χ0n) is 13.6. The highest BCUT2D eigenvalue weighted by atomic mass is 32.1. The topological polar surface area (TPSA) is 199 Å². The average molecular weight is 394 g/mol. The van der Waals surface area contributed by atoms with Crippen molar-refractivity contribution in [2.75, 3.05) is 5.73 Å². The number of aromatic hydroxyl groups is 1. The average Bonchev–Trinajstić information content (AvgIpc) is 3.02. The molecule has 0 fully saturated rings. The number of para-hydroxylation sites is 1. The van der Waals surface area contributed by atoms with E-state index < -0.39 is 36.4 Å². The number of carbonyl (C=O) groups is 2. The maximum atomic E-state index is 12.3. The number of benzene rings is 1. The number of aromatic nitrogens is 1.